The Labute approximate surface area is 129 Å². The zero-order valence-electron chi connectivity index (χ0n) is 12.6. The van der Waals surface area contributed by atoms with Crippen molar-refractivity contribution in [1.29, 1.82) is 0 Å². The first-order valence-corrected chi connectivity index (χ1v) is 9.35. The lowest BCUT2D eigenvalue weighted by Crippen LogP contribution is -2.42. The third-order valence-electron chi connectivity index (χ3n) is 3.93. The van der Waals surface area contributed by atoms with Crippen LogP contribution in [0, 0.1) is 0 Å². The number of carbonyl (C=O) groups excluding carboxylic acids is 1. The van der Waals surface area contributed by atoms with Crippen LogP contribution in [-0.2, 0) is 29.5 Å². The molecule has 0 radical (unpaired) electrons. The summed E-state index contributed by atoms with van der Waals surface area (Å²) in [4.78, 5) is 18.3. The van der Waals surface area contributed by atoms with Gasteiger partial charge in [0.25, 0.3) is 0 Å². The molecule has 3 rings (SSSR count). The van der Waals surface area contributed by atoms with Crippen molar-refractivity contribution in [2.75, 3.05) is 19.3 Å². The second-order valence-electron chi connectivity index (χ2n) is 5.87. The maximum absolute atomic E-state index is 12.1. The lowest BCUT2D eigenvalue weighted by atomic mass is 10.4. The number of imidazole rings is 1. The third-order valence-corrected chi connectivity index (χ3v) is 4.60. The SMILES string of the molecule is CS(=O)(=O)NCc1cnc2n1CCN(C(=O)NC1CC1)CC2. The van der Waals surface area contributed by atoms with Crippen LogP contribution in [0.1, 0.15) is 24.4 Å². The van der Waals surface area contributed by atoms with Gasteiger partial charge in [-0.25, -0.2) is 22.9 Å². The number of nitrogens with zero attached hydrogens (tertiary/aromatic N) is 3. The fourth-order valence-electron chi connectivity index (χ4n) is 2.54. The van der Waals surface area contributed by atoms with E-state index in [-0.39, 0.29) is 12.6 Å². The number of aromatic nitrogens is 2. The highest BCUT2D eigenvalue weighted by atomic mass is 32.2. The van der Waals surface area contributed by atoms with Crippen LogP contribution in [0.5, 0.6) is 0 Å². The Bertz CT molecular complexity index is 665. The first-order chi connectivity index (χ1) is 10.4. The van der Waals surface area contributed by atoms with Crippen LogP contribution < -0.4 is 10.0 Å². The Kier molecular flexibility index (Phi) is 4.09. The van der Waals surface area contributed by atoms with Crippen molar-refractivity contribution in [3.05, 3.63) is 17.7 Å². The van der Waals surface area contributed by atoms with Gasteiger partial charge in [0, 0.05) is 38.3 Å². The molecule has 0 aromatic carbocycles. The molecular weight excluding hydrogens is 306 g/mol. The predicted molar refractivity (Wildman–Crippen MR) is 80.7 cm³/mol. The van der Waals surface area contributed by atoms with Crippen molar-refractivity contribution < 1.29 is 13.2 Å². The Balaban J connectivity index is 1.63. The number of carbonyl (C=O) groups is 1. The van der Waals surface area contributed by atoms with Gasteiger partial charge in [0.05, 0.1) is 18.5 Å². The van der Waals surface area contributed by atoms with Crippen molar-refractivity contribution in [2.24, 2.45) is 0 Å². The van der Waals surface area contributed by atoms with E-state index in [1.54, 1.807) is 11.1 Å². The first-order valence-electron chi connectivity index (χ1n) is 7.46. The van der Waals surface area contributed by atoms with Crippen molar-refractivity contribution in [1.82, 2.24) is 24.5 Å². The van der Waals surface area contributed by atoms with Gasteiger partial charge in [-0.3, -0.25) is 0 Å². The third kappa shape index (κ3) is 3.77. The molecule has 1 saturated carbocycles. The number of nitrogens with one attached hydrogen (secondary N) is 2. The minimum absolute atomic E-state index is 0.0101. The number of urea groups is 1. The molecule has 0 bridgehead atoms. The van der Waals surface area contributed by atoms with Crippen LogP contribution in [0.3, 0.4) is 0 Å². The summed E-state index contributed by atoms with van der Waals surface area (Å²) in [6.45, 7) is 2.09. The largest absolute Gasteiger partial charge is 0.335 e. The predicted octanol–water partition coefficient (Wildman–Crippen LogP) is -0.338. The summed E-state index contributed by atoms with van der Waals surface area (Å²) in [6, 6.07) is 0.339. The molecule has 8 nitrogen and oxygen atoms in total. The van der Waals surface area contributed by atoms with Gasteiger partial charge in [-0.1, -0.05) is 0 Å². The van der Waals surface area contributed by atoms with E-state index in [0.29, 0.717) is 32.1 Å². The van der Waals surface area contributed by atoms with Crippen molar-refractivity contribution >= 4 is 16.1 Å². The average molecular weight is 327 g/mol. The van der Waals surface area contributed by atoms with E-state index in [2.05, 4.69) is 15.0 Å². The highest BCUT2D eigenvalue weighted by molar-refractivity contribution is 7.88. The zero-order chi connectivity index (χ0) is 15.7. The molecule has 1 aliphatic heterocycles. The average Bonchev–Trinajstić information content (AvgIpc) is 3.20. The smallest absolute Gasteiger partial charge is 0.317 e. The second-order valence-corrected chi connectivity index (χ2v) is 7.70. The topological polar surface area (TPSA) is 96.3 Å². The maximum atomic E-state index is 12.1. The maximum Gasteiger partial charge on any atom is 0.317 e. The standard InChI is InChI=1S/C13H21N5O3S/c1-22(20,21)15-9-11-8-14-12-4-5-17(6-7-18(11)12)13(19)16-10-2-3-10/h8,10,15H,2-7,9H2,1H3,(H,16,19). The number of rotatable bonds is 4. The van der Waals surface area contributed by atoms with Gasteiger partial charge in [-0.05, 0) is 12.8 Å². The minimum atomic E-state index is -3.23. The van der Waals surface area contributed by atoms with Gasteiger partial charge in [0.15, 0.2) is 0 Å². The molecule has 1 aromatic rings. The zero-order valence-corrected chi connectivity index (χ0v) is 13.4. The van der Waals surface area contributed by atoms with E-state index in [0.717, 1.165) is 30.6 Å². The van der Waals surface area contributed by atoms with Gasteiger partial charge >= 0.3 is 6.03 Å². The van der Waals surface area contributed by atoms with Crippen molar-refractivity contribution in [2.45, 2.75) is 38.4 Å². The fraction of sp³-hybridized carbons (Fsp3) is 0.692. The summed E-state index contributed by atoms with van der Waals surface area (Å²) < 4.78 is 26.9. The van der Waals surface area contributed by atoms with E-state index in [4.69, 9.17) is 0 Å². The Morgan fingerprint density at radius 3 is 2.82 bits per heavy atom. The lowest BCUT2D eigenvalue weighted by molar-refractivity contribution is 0.198. The molecule has 0 unspecified atom stereocenters. The quantitative estimate of drug-likeness (QED) is 0.791. The van der Waals surface area contributed by atoms with Crippen LogP contribution in [0.25, 0.3) is 0 Å². The van der Waals surface area contributed by atoms with Crippen molar-refractivity contribution in [3.8, 4) is 0 Å². The van der Waals surface area contributed by atoms with Gasteiger partial charge in [0.1, 0.15) is 5.82 Å². The molecule has 9 heteroatoms. The summed E-state index contributed by atoms with van der Waals surface area (Å²) in [6.07, 6.45) is 5.66. The van der Waals surface area contributed by atoms with Gasteiger partial charge < -0.3 is 14.8 Å². The molecule has 0 spiro atoms. The molecule has 1 aliphatic carbocycles. The summed E-state index contributed by atoms with van der Waals surface area (Å²) >= 11 is 0. The van der Waals surface area contributed by atoms with Gasteiger partial charge in [-0.15, -0.1) is 0 Å². The number of sulfonamides is 1. The molecule has 0 saturated heterocycles. The monoisotopic (exact) mass is 327 g/mol. The molecule has 122 valence electrons. The number of fused-ring (bicyclic) bond motifs is 1. The van der Waals surface area contributed by atoms with E-state index >= 15 is 0 Å². The molecule has 2 heterocycles. The number of amides is 2. The van der Waals surface area contributed by atoms with Crippen LogP contribution in [-0.4, -0.2) is 54.3 Å². The van der Waals surface area contributed by atoms with Crippen LogP contribution >= 0.6 is 0 Å². The fourth-order valence-corrected chi connectivity index (χ4v) is 2.95. The first kappa shape index (κ1) is 15.3. The van der Waals surface area contributed by atoms with E-state index in [1.165, 1.54) is 0 Å². The summed E-state index contributed by atoms with van der Waals surface area (Å²) in [7, 11) is -3.23. The van der Waals surface area contributed by atoms with E-state index < -0.39 is 10.0 Å². The molecule has 1 aromatic heterocycles. The van der Waals surface area contributed by atoms with E-state index in [1.807, 2.05) is 4.57 Å². The Morgan fingerprint density at radius 1 is 1.36 bits per heavy atom. The molecule has 2 amide bonds. The molecule has 2 aliphatic rings. The lowest BCUT2D eigenvalue weighted by Gasteiger charge is -2.20. The molecule has 2 N–H and O–H groups in total. The second kappa shape index (κ2) is 5.88. The van der Waals surface area contributed by atoms with Gasteiger partial charge in [-0.2, -0.15) is 0 Å². The normalized spacial score (nSPS) is 18.7. The summed E-state index contributed by atoms with van der Waals surface area (Å²) in [5, 5.41) is 3.00. The number of hydrogen-bond donors (Lipinski definition) is 2. The van der Waals surface area contributed by atoms with Crippen LogP contribution in [0.2, 0.25) is 0 Å². The number of hydrogen-bond acceptors (Lipinski definition) is 4. The highest BCUT2D eigenvalue weighted by Crippen LogP contribution is 2.19. The van der Waals surface area contributed by atoms with E-state index in [9.17, 15) is 13.2 Å². The Morgan fingerprint density at radius 2 is 2.14 bits per heavy atom. The van der Waals surface area contributed by atoms with Gasteiger partial charge in [0.2, 0.25) is 10.0 Å². The van der Waals surface area contributed by atoms with Crippen molar-refractivity contribution in [3.63, 3.8) is 0 Å². The Hall–Kier alpha value is -1.61. The minimum Gasteiger partial charge on any atom is -0.335 e. The molecule has 1 fully saturated rings. The highest BCUT2D eigenvalue weighted by Gasteiger charge is 2.27. The molecule has 0 atom stereocenters. The molecule has 22 heavy (non-hydrogen) atoms. The molecular formula is C13H21N5O3S. The van der Waals surface area contributed by atoms with Crippen LogP contribution in [0.15, 0.2) is 6.20 Å². The summed E-state index contributed by atoms with van der Waals surface area (Å²) in [5.74, 6) is 0.895. The summed E-state index contributed by atoms with van der Waals surface area (Å²) in [5.41, 5.74) is 0.824. The van der Waals surface area contributed by atoms with Crippen LogP contribution in [0.4, 0.5) is 4.79 Å².